The maximum absolute atomic E-state index is 10.8. The van der Waals surface area contributed by atoms with Crippen molar-refractivity contribution in [1.82, 2.24) is 9.88 Å². The summed E-state index contributed by atoms with van der Waals surface area (Å²) in [6.07, 6.45) is 4.65. The van der Waals surface area contributed by atoms with Crippen LogP contribution in [-0.2, 0) is 11.3 Å². The summed E-state index contributed by atoms with van der Waals surface area (Å²) in [5, 5.41) is 0.698. The Balaban J connectivity index is 1.63. The number of carbonyl (C=O) groups is 1. The number of halogens is 1. The van der Waals surface area contributed by atoms with Crippen LogP contribution in [0, 0.1) is 5.92 Å². The summed E-state index contributed by atoms with van der Waals surface area (Å²) in [6.45, 7) is 2.64. The van der Waals surface area contributed by atoms with Gasteiger partial charge in [0, 0.05) is 23.0 Å². The molecule has 3 rings (SSSR count). The Morgan fingerprint density at radius 1 is 1.29 bits per heavy atom. The molecule has 2 heterocycles. The lowest BCUT2D eigenvalue weighted by Gasteiger charge is -2.28. The fourth-order valence-corrected chi connectivity index (χ4v) is 2.71. The lowest BCUT2D eigenvalue weighted by molar-refractivity contribution is -0.112. The first-order valence-electron chi connectivity index (χ1n) is 7.12. The Kier molecular flexibility index (Phi) is 4.36. The van der Waals surface area contributed by atoms with E-state index in [0.29, 0.717) is 10.9 Å². The number of hydrogen-bond donors (Lipinski definition) is 0. The molecule has 4 nitrogen and oxygen atoms in total. The van der Waals surface area contributed by atoms with Crippen LogP contribution in [0.2, 0.25) is 5.02 Å². The summed E-state index contributed by atoms with van der Waals surface area (Å²) in [5.41, 5.74) is 1.84. The zero-order valence-corrected chi connectivity index (χ0v) is 12.4. The molecular formula is C16H17ClN2O2. The molecule has 2 aromatic rings. The molecule has 0 radical (unpaired) electrons. The SMILES string of the molecule is O=CC1CCN(Cc2coc(-c3ccc(Cl)cc3)n2)CC1. The molecule has 1 fully saturated rings. The minimum atomic E-state index is 0.225. The summed E-state index contributed by atoms with van der Waals surface area (Å²) < 4.78 is 5.54. The van der Waals surface area contributed by atoms with Gasteiger partial charge in [-0.3, -0.25) is 4.90 Å². The molecule has 1 saturated heterocycles. The van der Waals surface area contributed by atoms with E-state index in [4.69, 9.17) is 16.0 Å². The molecule has 110 valence electrons. The van der Waals surface area contributed by atoms with Crippen LogP contribution < -0.4 is 0 Å². The fourth-order valence-electron chi connectivity index (χ4n) is 2.58. The number of carbonyl (C=O) groups excluding carboxylic acids is 1. The van der Waals surface area contributed by atoms with Crippen LogP contribution in [-0.4, -0.2) is 29.3 Å². The highest BCUT2D eigenvalue weighted by atomic mass is 35.5. The van der Waals surface area contributed by atoms with Crippen molar-refractivity contribution >= 4 is 17.9 Å². The predicted molar refractivity (Wildman–Crippen MR) is 81.0 cm³/mol. The molecule has 1 aromatic carbocycles. The van der Waals surface area contributed by atoms with Gasteiger partial charge < -0.3 is 9.21 Å². The average Bonchev–Trinajstić information content (AvgIpc) is 2.97. The molecule has 1 aromatic heterocycles. The largest absolute Gasteiger partial charge is 0.444 e. The second-order valence-electron chi connectivity index (χ2n) is 5.40. The summed E-state index contributed by atoms with van der Waals surface area (Å²) in [7, 11) is 0. The zero-order valence-electron chi connectivity index (χ0n) is 11.7. The Hall–Kier alpha value is -1.65. The van der Waals surface area contributed by atoms with Gasteiger partial charge in [-0.1, -0.05) is 11.6 Å². The highest BCUT2D eigenvalue weighted by molar-refractivity contribution is 6.30. The van der Waals surface area contributed by atoms with Crippen molar-refractivity contribution in [3.05, 3.63) is 41.2 Å². The number of benzene rings is 1. The van der Waals surface area contributed by atoms with E-state index in [2.05, 4.69) is 9.88 Å². The zero-order chi connectivity index (χ0) is 14.7. The minimum absolute atomic E-state index is 0.225. The van der Waals surface area contributed by atoms with Crippen LogP contribution in [0.25, 0.3) is 11.5 Å². The van der Waals surface area contributed by atoms with Gasteiger partial charge in [-0.05, 0) is 50.2 Å². The Labute approximate surface area is 128 Å². The van der Waals surface area contributed by atoms with Crippen molar-refractivity contribution in [3.63, 3.8) is 0 Å². The van der Waals surface area contributed by atoms with Crippen LogP contribution in [0.15, 0.2) is 34.9 Å². The number of hydrogen-bond acceptors (Lipinski definition) is 4. The summed E-state index contributed by atoms with van der Waals surface area (Å²) in [6, 6.07) is 7.44. The quantitative estimate of drug-likeness (QED) is 0.812. The highest BCUT2D eigenvalue weighted by Gasteiger charge is 2.19. The van der Waals surface area contributed by atoms with E-state index in [0.717, 1.165) is 50.0 Å². The average molecular weight is 305 g/mol. The van der Waals surface area contributed by atoms with Crippen molar-refractivity contribution < 1.29 is 9.21 Å². The molecule has 0 saturated carbocycles. The van der Waals surface area contributed by atoms with E-state index in [1.807, 2.05) is 24.3 Å². The van der Waals surface area contributed by atoms with Crippen LogP contribution in [0.3, 0.4) is 0 Å². The first-order chi connectivity index (χ1) is 10.2. The molecule has 0 bridgehead atoms. The van der Waals surface area contributed by atoms with Crippen molar-refractivity contribution in [1.29, 1.82) is 0 Å². The van der Waals surface area contributed by atoms with Gasteiger partial charge in [0.05, 0.1) is 5.69 Å². The fraction of sp³-hybridized carbons (Fsp3) is 0.375. The van der Waals surface area contributed by atoms with Gasteiger partial charge in [-0.15, -0.1) is 0 Å². The predicted octanol–water partition coefficient (Wildman–Crippen LogP) is 3.41. The van der Waals surface area contributed by atoms with Crippen molar-refractivity contribution in [2.45, 2.75) is 19.4 Å². The van der Waals surface area contributed by atoms with Gasteiger partial charge in [0.25, 0.3) is 0 Å². The van der Waals surface area contributed by atoms with Gasteiger partial charge in [-0.2, -0.15) is 0 Å². The van der Waals surface area contributed by atoms with Gasteiger partial charge >= 0.3 is 0 Å². The molecule has 1 aliphatic heterocycles. The van der Waals surface area contributed by atoms with E-state index in [9.17, 15) is 4.79 Å². The van der Waals surface area contributed by atoms with E-state index in [-0.39, 0.29) is 5.92 Å². The van der Waals surface area contributed by atoms with Crippen molar-refractivity contribution in [3.8, 4) is 11.5 Å². The first-order valence-corrected chi connectivity index (χ1v) is 7.50. The summed E-state index contributed by atoms with van der Waals surface area (Å²) in [5.74, 6) is 0.840. The molecular weight excluding hydrogens is 288 g/mol. The van der Waals surface area contributed by atoms with E-state index in [1.165, 1.54) is 0 Å². The third-order valence-corrected chi connectivity index (χ3v) is 4.11. The van der Waals surface area contributed by atoms with Crippen LogP contribution in [0.1, 0.15) is 18.5 Å². The van der Waals surface area contributed by atoms with Crippen molar-refractivity contribution in [2.75, 3.05) is 13.1 Å². The molecule has 0 aliphatic carbocycles. The molecule has 21 heavy (non-hydrogen) atoms. The second-order valence-corrected chi connectivity index (χ2v) is 5.84. The monoisotopic (exact) mass is 304 g/mol. The number of oxazole rings is 1. The lowest BCUT2D eigenvalue weighted by atomic mass is 9.99. The van der Waals surface area contributed by atoms with E-state index < -0.39 is 0 Å². The minimum Gasteiger partial charge on any atom is -0.444 e. The second kappa shape index (κ2) is 6.41. The lowest BCUT2D eigenvalue weighted by Crippen LogP contribution is -2.33. The third kappa shape index (κ3) is 3.52. The van der Waals surface area contributed by atoms with Crippen molar-refractivity contribution in [2.24, 2.45) is 5.92 Å². The molecule has 0 unspecified atom stereocenters. The number of aromatic nitrogens is 1. The maximum Gasteiger partial charge on any atom is 0.226 e. The number of aldehydes is 1. The third-order valence-electron chi connectivity index (χ3n) is 3.85. The normalized spacial score (nSPS) is 17.0. The summed E-state index contributed by atoms with van der Waals surface area (Å²) >= 11 is 5.87. The van der Waals surface area contributed by atoms with Gasteiger partial charge in [0.1, 0.15) is 12.5 Å². The molecule has 0 atom stereocenters. The molecule has 0 N–H and O–H groups in total. The first kappa shape index (κ1) is 14.3. The molecule has 0 amide bonds. The highest BCUT2D eigenvalue weighted by Crippen LogP contribution is 2.22. The van der Waals surface area contributed by atoms with Gasteiger partial charge in [0.2, 0.25) is 5.89 Å². The van der Waals surface area contributed by atoms with Crippen LogP contribution >= 0.6 is 11.6 Å². The Morgan fingerprint density at radius 3 is 2.67 bits per heavy atom. The summed E-state index contributed by atoms with van der Waals surface area (Å²) in [4.78, 5) is 17.6. The molecule has 0 spiro atoms. The van der Waals surface area contributed by atoms with Gasteiger partial charge in [-0.25, -0.2) is 4.98 Å². The van der Waals surface area contributed by atoms with E-state index in [1.54, 1.807) is 6.26 Å². The number of nitrogens with zero attached hydrogens (tertiary/aromatic N) is 2. The maximum atomic E-state index is 10.8. The number of likely N-dealkylation sites (tertiary alicyclic amines) is 1. The van der Waals surface area contributed by atoms with Crippen LogP contribution in [0.5, 0.6) is 0 Å². The Morgan fingerprint density at radius 2 is 2.00 bits per heavy atom. The number of piperidine rings is 1. The smallest absolute Gasteiger partial charge is 0.226 e. The van der Waals surface area contributed by atoms with Crippen LogP contribution in [0.4, 0.5) is 0 Å². The topological polar surface area (TPSA) is 46.3 Å². The Bertz CT molecular complexity index is 601. The standard InChI is InChI=1S/C16H17ClN2O2/c17-14-3-1-13(2-4-14)16-18-15(11-21-16)9-19-7-5-12(10-20)6-8-19/h1-4,10-12H,5-9H2. The van der Waals surface area contributed by atoms with E-state index >= 15 is 0 Å². The molecule has 5 heteroatoms. The number of rotatable bonds is 4. The molecule has 1 aliphatic rings. The van der Waals surface area contributed by atoms with Gasteiger partial charge in [0.15, 0.2) is 0 Å².